The van der Waals surface area contributed by atoms with Gasteiger partial charge in [0.2, 0.25) is 0 Å². The van der Waals surface area contributed by atoms with Crippen LogP contribution in [0.3, 0.4) is 0 Å². The second kappa shape index (κ2) is 5.00. The summed E-state index contributed by atoms with van der Waals surface area (Å²) in [6.45, 7) is 0.0406. The van der Waals surface area contributed by atoms with Crippen molar-refractivity contribution in [3.05, 3.63) is 52.7 Å². The van der Waals surface area contributed by atoms with E-state index in [1.54, 1.807) is 35.2 Å². The van der Waals surface area contributed by atoms with Crippen LogP contribution in [-0.4, -0.2) is 22.0 Å². The van der Waals surface area contributed by atoms with Crippen molar-refractivity contribution in [2.24, 2.45) is 0 Å². The fourth-order valence-electron chi connectivity index (χ4n) is 2.29. The lowest BCUT2D eigenvalue weighted by Gasteiger charge is -2.07. The smallest absolute Gasteiger partial charge is 0.328 e. The fourth-order valence-corrected chi connectivity index (χ4v) is 2.29. The standard InChI is InChI=1S/C15H16N2O3/c1-20-14-5-3-2-4-12(14)13(18)10-16-8-9-17(15(16)19)11-6-7-11/h2-5,8-9,11H,6-7,10H2,1H3. The van der Waals surface area contributed by atoms with Gasteiger partial charge in [0, 0.05) is 18.4 Å². The summed E-state index contributed by atoms with van der Waals surface area (Å²) in [5.41, 5.74) is 0.386. The first-order chi connectivity index (χ1) is 9.70. The Balaban J connectivity index is 1.84. The van der Waals surface area contributed by atoms with Crippen molar-refractivity contribution >= 4 is 5.78 Å². The van der Waals surface area contributed by atoms with Crippen molar-refractivity contribution in [1.29, 1.82) is 0 Å². The lowest BCUT2D eigenvalue weighted by atomic mass is 10.1. The van der Waals surface area contributed by atoms with E-state index in [1.165, 1.54) is 11.7 Å². The summed E-state index contributed by atoms with van der Waals surface area (Å²) in [5, 5.41) is 0. The minimum Gasteiger partial charge on any atom is -0.496 e. The molecule has 0 aliphatic heterocycles. The Morgan fingerprint density at radius 2 is 2.05 bits per heavy atom. The van der Waals surface area contributed by atoms with Gasteiger partial charge in [-0.25, -0.2) is 4.79 Å². The molecule has 0 N–H and O–H groups in total. The molecule has 0 atom stereocenters. The molecule has 0 radical (unpaired) electrons. The van der Waals surface area contributed by atoms with E-state index in [-0.39, 0.29) is 18.0 Å². The van der Waals surface area contributed by atoms with Gasteiger partial charge < -0.3 is 4.74 Å². The Hall–Kier alpha value is -2.30. The maximum absolute atomic E-state index is 12.3. The number of nitrogens with zero attached hydrogens (tertiary/aromatic N) is 2. The van der Waals surface area contributed by atoms with Crippen molar-refractivity contribution in [1.82, 2.24) is 9.13 Å². The SMILES string of the molecule is COc1ccccc1C(=O)Cn1ccn(C2CC2)c1=O. The van der Waals surface area contributed by atoms with Crippen LogP contribution in [0.25, 0.3) is 0 Å². The predicted molar refractivity (Wildman–Crippen MR) is 74.3 cm³/mol. The maximum atomic E-state index is 12.3. The number of carbonyl (C=O) groups excluding carboxylic acids is 1. The normalized spacial score (nSPS) is 14.2. The van der Waals surface area contributed by atoms with Gasteiger partial charge in [-0.15, -0.1) is 0 Å². The second-order valence-electron chi connectivity index (χ2n) is 4.97. The Morgan fingerprint density at radius 1 is 1.30 bits per heavy atom. The van der Waals surface area contributed by atoms with E-state index in [0.29, 0.717) is 17.4 Å². The highest BCUT2D eigenvalue weighted by Gasteiger charge is 2.26. The average Bonchev–Trinajstić information content (AvgIpc) is 3.25. The number of carbonyl (C=O) groups is 1. The van der Waals surface area contributed by atoms with Crippen molar-refractivity contribution in [3.8, 4) is 5.75 Å². The number of rotatable bonds is 5. The second-order valence-corrected chi connectivity index (χ2v) is 4.97. The minimum absolute atomic E-state index is 0.0406. The number of ketones is 1. The molecule has 5 heteroatoms. The van der Waals surface area contributed by atoms with Crippen molar-refractivity contribution in [2.75, 3.05) is 7.11 Å². The molecule has 1 aliphatic carbocycles. The van der Waals surface area contributed by atoms with E-state index in [1.807, 2.05) is 6.07 Å². The highest BCUT2D eigenvalue weighted by Crippen LogP contribution is 2.33. The van der Waals surface area contributed by atoms with Gasteiger partial charge in [-0.05, 0) is 25.0 Å². The summed E-state index contributed by atoms with van der Waals surface area (Å²) < 4.78 is 8.33. The van der Waals surface area contributed by atoms with Gasteiger partial charge in [0.15, 0.2) is 5.78 Å². The van der Waals surface area contributed by atoms with E-state index in [4.69, 9.17) is 4.74 Å². The molecular formula is C15H16N2O3. The topological polar surface area (TPSA) is 53.2 Å². The van der Waals surface area contributed by atoms with Gasteiger partial charge in [0.05, 0.1) is 19.2 Å². The Bertz CT molecular complexity index is 695. The van der Waals surface area contributed by atoms with Crippen LogP contribution < -0.4 is 10.4 Å². The van der Waals surface area contributed by atoms with Gasteiger partial charge >= 0.3 is 5.69 Å². The third-order valence-electron chi connectivity index (χ3n) is 3.54. The average molecular weight is 272 g/mol. The Morgan fingerprint density at radius 3 is 2.75 bits per heavy atom. The van der Waals surface area contributed by atoms with Crippen LogP contribution in [0.15, 0.2) is 41.5 Å². The third kappa shape index (κ3) is 2.27. The summed E-state index contributed by atoms with van der Waals surface area (Å²) in [6, 6.07) is 7.37. The summed E-state index contributed by atoms with van der Waals surface area (Å²) in [5.74, 6) is 0.408. The fraction of sp³-hybridized carbons (Fsp3) is 0.333. The lowest BCUT2D eigenvalue weighted by molar-refractivity contribution is 0.0967. The number of imidazole rings is 1. The number of ether oxygens (including phenoxy) is 1. The number of benzene rings is 1. The number of hydrogen-bond donors (Lipinski definition) is 0. The zero-order valence-electron chi connectivity index (χ0n) is 11.3. The number of aromatic nitrogens is 2. The molecule has 2 aromatic rings. The summed E-state index contributed by atoms with van der Waals surface area (Å²) in [4.78, 5) is 24.4. The molecule has 5 nitrogen and oxygen atoms in total. The molecule has 1 saturated carbocycles. The molecule has 0 unspecified atom stereocenters. The van der Waals surface area contributed by atoms with Gasteiger partial charge in [-0.1, -0.05) is 12.1 Å². The molecule has 0 saturated heterocycles. The van der Waals surface area contributed by atoms with Gasteiger partial charge in [0.25, 0.3) is 0 Å². The van der Waals surface area contributed by atoms with Crippen LogP contribution in [0.5, 0.6) is 5.75 Å². The molecule has 0 spiro atoms. The summed E-state index contributed by atoms with van der Waals surface area (Å²) >= 11 is 0. The first kappa shape index (κ1) is 12.7. The van der Waals surface area contributed by atoms with E-state index < -0.39 is 0 Å². The quantitative estimate of drug-likeness (QED) is 0.781. The molecule has 0 amide bonds. The molecule has 1 heterocycles. The highest BCUT2D eigenvalue weighted by molar-refractivity contribution is 5.98. The van der Waals surface area contributed by atoms with Crippen LogP contribution in [-0.2, 0) is 6.54 Å². The monoisotopic (exact) mass is 272 g/mol. The molecule has 3 rings (SSSR count). The summed E-state index contributed by atoms with van der Waals surface area (Å²) in [7, 11) is 1.53. The van der Waals surface area contributed by atoms with E-state index in [2.05, 4.69) is 0 Å². The van der Waals surface area contributed by atoms with Gasteiger partial charge in [-0.3, -0.25) is 13.9 Å². The van der Waals surface area contributed by atoms with Crippen LogP contribution in [0.1, 0.15) is 29.2 Å². The van der Waals surface area contributed by atoms with E-state index >= 15 is 0 Å². The lowest BCUT2D eigenvalue weighted by Crippen LogP contribution is -2.26. The molecule has 1 aromatic carbocycles. The first-order valence-corrected chi connectivity index (χ1v) is 6.64. The van der Waals surface area contributed by atoms with Crippen LogP contribution in [0, 0.1) is 0 Å². The molecule has 1 aromatic heterocycles. The zero-order valence-corrected chi connectivity index (χ0v) is 11.3. The first-order valence-electron chi connectivity index (χ1n) is 6.64. The number of methoxy groups -OCH3 is 1. The van der Waals surface area contributed by atoms with Gasteiger partial charge in [-0.2, -0.15) is 0 Å². The van der Waals surface area contributed by atoms with Crippen LogP contribution >= 0.6 is 0 Å². The number of Topliss-reactive ketones (excluding diaryl/α,β-unsaturated/α-hetero) is 1. The highest BCUT2D eigenvalue weighted by atomic mass is 16.5. The maximum Gasteiger partial charge on any atom is 0.328 e. The van der Waals surface area contributed by atoms with Crippen molar-refractivity contribution < 1.29 is 9.53 Å². The number of para-hydroxylation sites is 1. The minimum atomic E-state index is -0.127. The molecular weight excluding hydrogens is 256 g/mol. The molecule has 104 valence electrons. The molecule has 1 aliphatic rings. The molecule has 20 heavy (non-hydrogen) atoms. The van der Waals surface area contributed by atoms with Crippen molar-refractivity contribution in [2.45, 2.75) is 25.4 Å². The predicted octanol–water partition coefficient (Wildman–Crippen LogP) is 1.88. The Labute approximate surface area is 116 Å². The van der Waals surface area contributed by atoms with E-state index in [9.17, 15) is 9.59 Å². The largest absolute Gasteiger partial charge is 0.496 e. The zero-order chi connectivity index (χ0) is 14.1. The molecule has 1 fully saturated rings. The van der Waals surface area contributed by atoms with Crippen molar-refractivity contribution in [3.63, 3.8) is 0 Å². The number of hydrogen-bond acceptors (Lipinski definition) is 3. The van der Waals surface area contributed by atoms with Gasteiger partial charge in [0.1, 0.15) is 5.75 Å². The van der Waals surface area contributed by atoms with E-state index in [0.717, 1.165) is 12.8 Å². The summed E-state index contributed by atoms with van der Waals surface area (Å²) in [6.07, 6.45) is 5.53. The Kier molecular flexibility index (Phi) is 3.18. The van der Waals surface area contributed by atoms with Crippen LogP contribution in [0.4, 0.5) is 0 Å². The van der Waals surface area contributed by atoms with Crippen LogP contribution in [0.2, 0.25) is 0 Å². The molecule has 0 bridgehead atoms. The third-order valence-corrected chi connectivity index (χ3v) is 3.54.